The van der Waals surface area contributed by atoms with Gasteiger partial charge in [-0.2, -0.15) is 4.98 Å². The van der Waals surface area contributed by atoms with Crippen LogP contribution in [-0.2, 0) is 6.42 Å². The smallest absolute Gasteiger partial charge is 0.252 e. The molecule has 2 aliphatic carbocycles. The summed E-state index contributed by atoms with van der Waals surface area (Å²) >= 11 is 6.02. The SMILES string of the molecule is O=C1CC(c2ccc(Cl)cc2)Cc2c1cnc1nc(C3CCCCC3)nn21. The molecule has 1 atom stereocenters. The van der Waals surface area contributed by atoms with Crippen LogP contribution in [0, 0.1) is 0 Å². The highest BCUT2D eigenvalue weighted by atomic mass is 35.5. The van der Waals surface area contributed by atoms with E-state index in [0.717, 1.165) is 36.3 Å². The van der Waals surface area contributed by atoms with Crippen LogP contribution < -0.4 is 0 Å². The van der Waals surface area contributed by atoms with Crippen molar-refractivity contribution in [1.82, 2.24) is 19.6 Å². The van der Waals surface area contributed by atoms with Crippen LogP contribution in [0.1, 0.15) is 77.8 Å². The molecular weight excluding hydrogens is 360 g/mol. The summed E-state index contributed by atoms with van der Waals surface area (Å²) in [5.74, 6) is 2.17. The van der Waals surface area contributed by atoms with E-state index in [0.29, 0.717) is 28.7 Å². The molecule has 1 saturated carbocycles. The second-order valence-electron chi connectivity index (χ2n) is 7.72. The molecule has 0 aliphatic heterocycles. The first-order valence-electron chi connectivity index (χ1n) is 9.72. The highest BCUT2D eigenvalue weighted by Gasteiger charge is 2.30. The third-order valence-electron chi connectivity index (χ3n) is 5.97. The molecule has 1 aromatic carbocycles. The van der Waals surface area contributed by atoms with Crippen LogP contribution >= 0.6 is 11.6 Å². The van der Waals surface area contributed by atoms with E-state index >= 15 is 0 Å². The molecule has 5 rings (SSSR count). The zero-order valence-electron chi connectivity index (χ0n) is 15.1. The van der Waals surface area contributed by atoms with Crippen LogP contribution in [0.5, 0.6) is 0 Å². The summed E-state index contributed by atoms with van der Waals surface area (Å²) in [7, 11) is 0. The summed E-state index contributed by atoms with van der Waals surface area (Å²) in [6.45, 7) is 0. The lowest BCUT2D eigenvalue weighted by Gasteiger charge is -2.24. The lowest BCUT2D eigenvalue weighted by molar-refractivity contribution is 0.0962. The largest absolute Gasteiger partial charge is 0.294 e. The zero-order valence-corrected chi connectivity index (χ0v) is 15.8. The van der Waals surface area contributed by atoms with Crippen molar-refractivity contribution in [1.29, 1.82) is 0 Å². The van der Waals surface area contributed by atoms with Gasteiger partial charge in [-0.05, 0) is 42.9 Å². The van der Waals surface area contributed by atoms with Gasteiger partial charge in [-0.3, -0.25) is 4.79 Å². The summed E-state index contributed by atoms with van der Waals surface area (Å²) < 4.78 is 1.82. The van der Waals surface area contributed by atoms with Crippen molar-refractivity contribution < 1.29 is 4.79 Å². The third-order valence-corrected chi connectivity index (χ3v) is 6.22. The first-order chi connectivity index (χ1) is 13.2. The number of carbonyl (C=O) groups is 1. The molecule has 2 aromatic heterocycles. The molecule has 1 unspecified atom stereocenters. The Morgan fingerprint density at radius 2 is 1.78 bits per heavy atom. The Balaban J connectivity index is 1.54. The van der Waals surface area contributed by atoms with Crippen molar-refractivity contribution in [3.63, 3.8) is 0 Å². The van der Waals surface area contributed by atoms with E-state index in [1.54, 1.807) is 6.20 Å². The van der Waals surface area contributed by atoms with Crippen molar-refractivity contribution in [2.75, 3.05) is 0 Å². The molecule has 0 saturated heterocycles. The number of benzene rings is 1. The van der Waals surface area contributed by atoms with Gasteiger partial charge >= 0.3 is 0 Å². The summed E-state index contributed by atoms with van der Waals surface area (Å²) in [5.41, 5.74) is 2.76. The number of halogens is 1. The number of nitrogens with zero attached hydrogens (tertiary/aromatic N) is 4. The Kier molecular flexibility index (Phi) is 4.20. The number of carbonyl (C=O) groups excluding carboxylic acids is 1. The number of rotatable bonds is 2. The fourth-order valence-electron chi connectivity index (χ4n) is 4.47. The third kappa shape index (κ3) is 3.04. The van der Waals surface area contributed by atoms with Crippen molar-refractivity contribution >= 4 is 23.2 Å². The van der Waals surface area contributed by atoms with Crippen molar-refractivity contribution in [3.8, 4) is 0 Å². The Bertz CT molecular complexity index is 1000. The summed E-state index contributed by atoms with van der Waals surface area (Å²) in [4.78, 5) is 21.9. The molecule has 1 fully saturated rings. The molecule has 138 valence electrons. The maximum Gasteiger partial charge on any atom is 0.252 e. The van der Waals surface area contributed by atoms with Gasteiger partial charge in [0.25, 0.3) is 5.78 Å². The average Bonchev–Trinajstić information content (AvgIpc) is 3.14. The second kappa shape index (κ2) is 6.71. The van der Waals surface area contributed by atoms with Gasteiger partial charge in [0.15, 0.2) is 11.6 Å². The molecule has 3 aromatic rings. The van der Waals surface area contributed by atoms with E-state index in [9.17, 15) is 4.79 Å². The highest BCUT2D eigenvalue weighted by Crippen LogP contribution is 2.34. The minimum atomic E-state index is 0.125. The number of fused-ring (bicyclic) bond motifs is 3. The van der Waals surface area contributed by atoms with Crippen LogP contribution in [0.25, 0.3) is 5.78 Å². The molecule has 5 nitrogen and oxygen atoms in total. The van der Waals surface area contributed by atoms with E-state index in [2.05, 4.69) is 4.98 Å². The zero-order chi connectivity index (χ0) is 18.4. The number of hydrogen-bond acceptors (Lipinski definition) is 4. The van der Waals surface area contributed by atoms with E-state index in [-0.39, 0.29) is 11.7 Å². The number of ketones is 1. The van der Waals surface area contributed by atoms with Crippen LogP contribution in [0.4, 0.5) is 0 Å². The van der Waals surface area contributed by atoms with Gasteiger partial charge in [0.2, 0.25) is 0 Å². The predicted octanol–water partition coefficient (Wildman–Crippen LogP) is 4.74. The first kappa shape index (κ1) is 16.9. The molecular formula is C21H21ClN4O. The lowest BCUT2D eigenvalue weighted by atomic mass is 9.82. The molecule has 0 amide bonds. The van der Waals surface area contributed by atoms with Crippen LogP contribution in [-0.4, -0.2) is 25.4 Å². The average molecular weight is 381 g/mol. The highest BCUT2D eigenvalue weighted by molar-refractivity contribution is 6.30. The standard InChI is InChI=1S/C21H21ClN4O/c22-16-8-6-13(7-9-16)15-10-18-17(19(27)11-15)12-23-21-24-20(25-26(18)21)14-4-2-1-3-5-14/h6-9,12,14-15H,1-5,10-11H2. The van der Waals surface area contributed by atoms with E-state index in [1.807, 2.05) is 28.8 Å². The van der Waals surface area contributed by atoms with Gasteiger partial charge in [0.1, 0.15) is 0 Å². The van der Waals surface area contributed by atoms with Crippen molar-refractivity contribution in [3.05, 3.63) is 58.1 Å². The molecule has 2 heterocycles. The summed E-state index contributed by atoms with van der Waals surface area (Å²) in [6, 6.07) is 7.79. The first-order valence-corrected chi connectivity index (χ1v) is 10.1. The molecule has 0 spiro atoms. The minimum absolute atomic E-state index is 0.125. The van der Waals surface area contributed by atoms with Gasteiger partial charge in [-0.1, -0.05) is 43.0 Å². The Morgan fingerprint density at radius 3 is 2.56 bits per heavy atom. The van der Waals surface area contributed by atoms with Crippen molar-refractivity contribution in [2.24, 2.45) is 0 Å². The molecule has 6 heteroatoms. The van der Waals surface area contributed by atoms with Crippen LogP contribution in [0.15, 0.2) is 30.5 Å². The predicted molar refractivity (Wildman–Crippen MR) is 103 cm³/mol. The van der Waals surface area contributed by atoms with Gasteiger partial charge in [-0.15, -0.1) is 5.10 Å². The number of Topliss-reactive ketones (excluding diaryl/α,β-unsaturated/α-hetero) is 1. The van der Waals surface area contributed by atoms with E-state index in [1.165, 1.54) is 19.3 Å². The fourth-order valence-corrected chi connectivity index (χ4v) is 4.59. The maximum atomic E-state index is 12.8. The number of hydrogen-bond donors (Lipinski definition) is 0. The molecule has 0 radical (unpaired) electrons. The number of aromatic nitrogens is 4. The fraction of sp³-hybridized carbons (Fsp3) is 0.429. The van der Waals surface area contributed by atoms with Crippen LogP contribution in [0.2, 0.25) is 5.02 Å². The Labute approximate surface area is 162 Å². The Morgan fingerprint density at radius 1 is 1.00 bits per heavy atom. The van der Waals surface area contributed by atoms with Gasteiger partial charge in [0.05, 0.1) is 11.3 Å². The molecule has 27 heavy (non-hydrogen) atoms. The monoisotopic (exact) mass is 380 g/mol. The van der Waals surface area contributed by atoms with E-state index in [4.69, 9.17) is 21.7 Å². The van der Waals surface area contributed by atoms with Gasteiger partial charge in [0, 0.05) is 23.6 Å². The summed E-state index contributed by atoms with van der Waals surface area (Å²) in [6.07, 6.45) is 9.00. The molecule has 2 aliphatic rings. The minimum Gasteiger partial charge on any atom is -0.294 e. The Hall–Kier alpha value is -2.27. The lowest BCUT2D eigenvalue weighted by Crippen LogP contribution is -2.22. The van der Waals surface area contributed by atoms with Crippen molar-refractivity contribution in [2.45, 2.75) is 56.8 Å². The molecule has 0 N–H and O–H groups in total. The normalized spacial score (nSPS) is 20.8. The molecule has 0 bridgehead atoms. The summed E-state index contributed by atoms with van der Waals surface area (Å²) in [5, 5.41) is 5.51. The van der Waals surface area contributed by atoms with E-state index < -0.39 is 0 Å². The topological polar surface area (TPSA) is 60.2 Å². The quantitative estimate of drug-likeness (QED) is 0.644. The van der Waals surface area contributed by atoms with Gasteiger partial charge in [-0.25, -0.2) is 9.50 Å². The maximum absolute atomic E-state index is 12.8. The second-order valence-corrected chi connectivity index (χ2v) is 8.15. The van der Waals surface area contributed by atoms with Gasteiger partial charge < -0.3 is 0 Å². The van der Waals surface area contributed by atoms with Crippen LogP contribution in [0.3, 0.4) is 0 Å².